The van der Waals surface area contributed by atoms with E-state index < -0.39 is 27.4 Å². The van der Waals surface area contributed by atoms with Crippen molar-refractivity contribution < 1.29 is 22.0 Å². The lowest BCUT2D eigenvalue weighted by molar-refractivity contribution is 0.0985. The van der Waals surface area contributed by atoms with Crippen molar-refractivity contribution >= 4 is 54.8 Å². The number of likely N-dealkylation sites (N-methyl/N-ethyl adjacent to an activating group) is 1. The summed E-state index contributed by atoms with van der Waals surface area (Å²) in [4.78, 5) is 20.8. The third-order valence-corrected chi connectivity index (χ3v) is 7.23. The van der Waals surface area contributed by atoms with Gasteiger partial charge >= 0.3 is 0 Å². The molecular formula is C20H22ClF2N3O3S2. The van der Waals surface area contributed by atoms with Crippen LogP contribution in [-0.4, -0.2) is 57.1 Å². The van der Waals surface area contributed by atoms with Crippen LogP contribution in [0.5, 0.6) is 0 Å². The number of sulfone groups is 1. The molecule has 0 aliphatic rings. The van der Waals surface area contributed by atoms with Crippen molar-refractivity contribution in [1.29, 1.82) is 0 Å². The molecule has 0 aliphatic heterocycles. The van der Waals surface area contributed by atoms with E-state index in [0.29, 0.717) is 6.54 Å². The molecule has 0 N–H and O–H groups in total. The maximum atomic E-state index is 14.1. The van der Waals surface area contributed by atoms with Crippen molar-refractivity contribution in [3.8, 4) is 0 Å². The number of amides is 1. The van der Waals surface area contributed by atoms with Crippen LogP contribution in [-0.2, 0) is 9.84 Å². The zero-order valence-electron chi connectivity index (χ0n) is 17.1. The van der Waals surface area contributed by atoms with E-state index >= 15 is 0 Å². The Labute approximate surface area is 189 Å². The van der Waals surface area contributed by atoms with Gasteiger partial charge in [-0.15, -0.1) is 12.4 Å². The van der Waals surface area contributed by atoms with Gasteiger partial charge in [0.05, 0.1) is 15.3 Å². The summed E-state index contributed by atoms with van der Waals surface area (Å²) >= 11 is 1.000. The Morgan fingerprint density at radius 3 is 2.48 bits per heavy atom. The summed E-state index contributed by atoms with van der Waals surface area (Å²) in [5.74, 6) is -2.08. The Balaban J connectivity index is 0.00000341. The van der Waals surface area contributed by atoms with Gasteiger partial charge in [0, 0.05) is 24.7 Å². The first kappa shape index (κ1) is 25.1. The summed E-state index contributed by atoms with van der Waals surface area (Å²) in [5, 5.41) is 0.213. The number of aromatic nitrogens is 1. The number of halogens is 3. The minimum absolute atomic E-state index is 0. The lowest BCUT2D eigenvalue weighted by atomic mass is 10.2. The van der Waals surface area contributed by atoms with E-state index in [1.807, 2.05) is 19.0 Å². The second-order valence-electron chi connectivity index (χ2n) is 6.92. The lowest BCUT2D eigenvalue weighted by Gasteiger charge is -2.22. The minimum Gasteiger partial charge on any atom is -0.308 e. The van der Waals surface area contributed by atoms with Crippen LogP contribution < -0.4 is 4.90 Å². The van der Waals surface area contributed by atoms with Crippen LogP contribution in [0.2, 0.25) is 0 Å². The SMILES string of the molecule is CCS(=O)(=O)c1cccc(C(=O)N(CCN(C)C)c2nc3c(F)cc(F)cc3s2)c1.Cl. The third-order valence-electron chi connectivity index (χ3n) is 4.47. The number of nitrogens with zero attached hydrogens (tertiary/aromatic N) is 3. The van der Waals surface area contributed by atoms with Crippen LogP contribution >= 0.6 is 23.7 Å². The van der Waals surface area contributed by atoms with Crippen LogP contribution in [0, 0.1) is 11.6 Å². The van der Waals surface area contributed by atoms with Gasteiger partial charge in [-0.1, -0.05) is 24.3 Å². The van der Waals surface area contributed by atoms with E-state index in [4.69, 9.17) is 0 Å². The van der Waals surface area contributed by atoms with E-state index in [0.717, 1.165) is 17.4 Å². The molecule has 0 radical (unpaired) electrons. The summed E-state index contributed by atoms with van der Waals surface area (Å²) < 4.78 is 52.4. The Morgan fingerprint density at radius 1 is 1.13 bits per heavy atom. The normalized spacial score (nSPS) is 11.5. The fourth-order valence-corrected chi connectivity index (χ4v) is 4.75. The number of benzene rings is 2. The molecule has 0 saturated heterocycles. The predicted molar refractivity (Wildman–Crippen MR) is 121 cm³/mol. The molecule has 1 heterocycles. The van der Waals surface area contributed by atoms with Crippen molar-refractivity contribution in [1.82, 2.24) is 9.88 Å². The molecule has 0 spiro atoms. The van der Waals surface area contributed by atoms with Gasteiger partial charge in [-0.25, -0.2) is 22.2 Å². The number of rotatable bonds is 7. The number of anilines is 1. The van der Waals surface area contributed by atoms with E-state index in [1.54, 1.807) is 0 Å². The van der Waals surface area contributed by atoms with E-state index in [-0.39, 0.29) is 50.5 Å². The van der Waals surface area contributed by atoms with Crippen molar-refractivity contribution in [3.05, 3.63) is 53.6 Å². The van der Waals surface area contributed by atoms with Crippen LogP contribution in [0.1, 0.15) is 17.3 Å². The van der Waals surface area contributed by atoms with Gasteiger partial charge in [0.25, 0.3) is 5.91 Å². The first-order chi connectivity index (χ1) is 14.1. The molecule has 0 unspecified atom stereocenters. The summed E-state index contributed by atoms with van der Waals surface area (Å²) in [6.45, 7) is 2.26. The monoisotopic (exact) mass is 489 g/mol. The van der Waals surface area contributed by atoms with E-state index in [2.05, 4.69) is 4.98 Å². The molecule has 0 fully saturated rings. The highest BCUT2D eigenvalue weighted by Gasteiger charge is 2.24. The zero-order valence-corrected chi connectivity index (χ0v) is 19.6. The molecule has 1 amide bonds. The summed E-state index contributed by atoms with van der Waals surface area (Å²) in [6, 6.07) is 7.72. The molecular weight excluding hydrogens is 468 g/mol. The molecule has 0 bridgehead atoms. The molecule has 1 aromatic heterocycles. The van der Waals surface area contributed by atoms with Crippen molar-refractivity contribution in [2.24, 2.45) is 0 Å². The fourth-order valence-electron chi connectivity index (χ4n) is 2.79. The third kappa shape index (κ3) is 5.57. The predicted octanol–water partition coefficient (Wildman–Crippen LogP) is 4.00. The maximum absolute atomic E-state index is 14.1. The van der Waals surface area contributed by atoms with Crippen LogP contribution in [0.25, 0.3) is 10.2 Å². The number of hydrogen-bond acceptors (Lipinski definition) is 6. The first-order valence-corrected chi connectivity index (χ1v) is 11.6. The number of fused-ring (bicyclic) bond motifs is 1. The van der Waals surface area contributed by atoms with Gasteiger partial charge in [-0.3, -0.25) is 9.69 Å². The van der Waals surface area contributed by atoms with Crippen LogP contribution in [0.3, 0.4) is 0 Å². The summed E-state index contributed by atoms with van der Waals surface area (Å²) in [5.41, 5.74) is 0.163. The van der Waals surface area contributed by atoms with Gasteiger partial charge < -0.3 is 4.90 Å². The highest BCUT2D eigenvalue weighted by atomic mass is 35.5. The molecule has 0 aliphatic carbocycles. The first-order valence-electron chi connectivity index (χ1n) is 9.17. The molecule has 3 aromatic rings. The minimum atomic E-state index is -3.48. The highest BCUT2D eigenvalue weighted by Crippen LogP contribution is 2.32. The largest absolute Gasteiger partial charge is 0.308 e. The molecule has 6 nitrogen and oxygen atoms in total. The Morgan fingerprint density at radius 2 is 1.84 bits per heavy atom. The maximum Gasteiger partial charge on any atom is 0.260 e. The number of carbonyl (C=O) groups is 1. The number of hydrogen-bond donors (Lipinski definition) is 0. The average molecular weight is 490 g/mol. The highest BCUT2D eigenvalue weighted by molar-refractivity contribution is 7.91. The topological polar surface area (TPSA) is 70.6 Å². The average Bonchev–Trinajstić information content (AvgIpc) is 3.12. The van der Waals surface area contributed by atoms with Gasteiger partial charge in [0.2, 0.25) is 0 Å². The Bertz CT molecular complexity index is 1200. The standard InChI is InChI=1S/C20H21F2N3O3S2.ClH/c1-4-30(27,28)15-7-5-6-13(10-15)19(26)25(9-8-24(2)3)20-23-18-16(22)11-14(21)12-17(18)29-20;/h5-7,10-12H,4,8-9H2,1-3H3;1H. The molecule has 2 aromatic carbocycles. The Kier molecular flexibility index (Phi) is 8.09. The Hall–Kier alpha value is -2.14. The van der Waals surface area contributed by atoms with Crippen LogP contribution in [0.4, 0.5) is 13.9 Å². The second kappa shape index (κ2) is 9.99. The lowest BCUT2D eigenvalue weighted by Crippen LogP contribution is -2.36. The fraction of sp³-hybridized carbons (Fsp3) is 0.300. The number of carbonyl (C=O) groups excluding carboxylic acids is 1. The van der Waals surface area contributed by atoms with Crippen molar-refractivity contribution in [3.63, 3.8) is 0 Å². The van der Waals surface area contributed by atoms with Gasteiger partial charge in [0.15, 0.2) is 20.8 Å². The molecule has 11 heteroatoms. The van der Waals surface area contributed by atoms with Crippen LogP contribution in [0.15, 0.2) is 41.3 Å². The molecule has 3 rings (SSSR count). The quantitative estimate of drug-likeness (QED) is 0.501. The second-order valence-corrected chi connectivity index (χ2v) is 10.2. The molecule has 31 heavy (non-hydrogen) atoms. The zero-order chi connectivity index (χ0) is 22.1. The van der Waals surface area contributed by atoms with Gasteiger partial charge in [-0.2, -0.15) is 0 Å². The van der Waals surface area contributed by atoms with Crippen molar-refractivity contribution in [2.75, 3.05) is 37.8 Å². The van der Waals surface area contributed by atoms with Gasteiger partial charge in [0.1, 0.15) is 11.3 Å². The number of thiazole rings is 1. The van der Waals surface area contributed by atoms with Gasteiger partial charge in [-0.05, 0) is 38.4 Å². The molecule has 0 atom stereocenters. The van der Waals surface area contributed by atoms with E-state index in [1.165, 1.54) is 42.2 Å². The summed E-state index contributed by atoms with van der Waals surface area (Å²) in [6.07, 6.45) is 0. The molecule has 0 saturated carbocycles. The van der Waals surface area contributed by atoms with E-state index in [9.17, 15) is 22.0 Å². The van der Waals surface area contributed by atoms with Crippen molar-refractivity contribution in [2.45, 2.75) is 11.8 Å². The summed E-state index contributed by atoms with van der Waals surface area (Å²) in [7, 11) is 0.191. The molecule has 168 valence electrons. The smallest absolute Gasteiger partial charge is 0.260 e.